The molecule has 0 spiro atoms. The molecule has 0 N–H and O–H groups in total. The van der Waals surface area contributed by atoms with Gasteiger partial charge in [0, 0.05) is 12.5 Å². The highest BCUT2D eigenvalue weighted by molar-refractivity contribution is 6.99. The van der Waals surface area contributed by atoms with Gasteiger partial charge in [-0.2, -0.15) is 0 Å². The molecule has 0 amide bonds. The molecule has 0 aromatic heterocycles. The van der Waals surface area contributed by atoms with Crippen molar-refractivity contribution >= 4 is 25.0 Å². The number of rotatable bonds is 10. The van der Waals surface area contributed by atoms with Crippen molar-refractivity contribution in [2.24, 2.45) is 0 Å². The van der Waals surface area contributed by atoms with Gasteiger partial charge in [0.1, 0.15) is 12.4 Å². The largest absolute Gasteiger partial charge is 0.405 e. The van der Waals surface area contributed by atoms with E-state index in [4.69, 9.17) is 9.16 Å². The van der Waals surface area contributed by atoms with E-state index in [9.17, 15) is 4.79 Å². The molecule has 3 aromatic carbocycles. The van der Waals surface area contributed by atoms with Gasteiger partial charge in [-0.3, -0.25) is 0 Å². The summed E-state index contributed by atoms with van der Waals surface area (Å²) in [6.07, 6.45) is 0.755. The van der Waals surface area contributed by atoms with E-state index in [1.165, 1.54) is 10.4 Å². The first kappa shape index (κ1) is 24.1. The summed E-state index contributed by atoms with van der Waals surface area (Å²) in [5.41, 5.74) is 1.06. The number of hydrogen-bond donors (Lipinski definition) is 0. The highest BCUT2D eigenvalue weighted by Gasteiger charge is 2.51. The van der Waals surface area contributed by atoms with Crippen LogP contribution >= 0.6 is 0 Å². The highest BCUT2D eigenvalue weighted by atomic mass is 28.4. The summed E-state index contributed by atoms with van der Waals surface area (Å²) in [5.74, 6) is 0. The molecule has 0 bridgehead atoms. The first-order valence-corrected chi connectivity index (χ1v) is 13.2. The summed E-state index contributed by atoms with van der Waals surface area (Å²) in [4.78, 5) is 11.8. The molecular weight excluding hydrogens is 412 g/mol. The number of hydrogen-bond acceptors (Lipinski definition) is 3. The van der Waals surface area contributed by atoms with E-state index < -0.39 is 14.4 Å². The van der Waals surface area contributed by atoms with Crippen LogP contribution in [0.1, 0.15) is 39.7 Å². The average Bonchev–Trinajstić information content (AvgIpc) is 2.81. The minimum atomic E-state index is -2.65. The lowest BCUT2D eigenvalue weighted by Gasteiger charge is -2.45. The fraction of sp³-hybridized carbons (Fsp3) is 0.321. The predicted octanol–water partition coefficient (Wildman–Crippen LogP) is 5.13. The van der Waals surface area contributed by atoms with E-state index in [1.54, 1.807) is 0 Å². The first-order chi connectivity index (χ1) is 15.4. The third-order valence-electron chi connectivity index (χ3n) is 5.82. The van der Waals surface area contributed by atoms with Crippen molar-refractivity contribution in [1.29, 1.82) is 0 Å². The van der Waals surface area contributed by atoms with Crippen molar-refractivity contribution in [1.82, 2.24) is 0 Å². The fourth-order valence-corrected chi connectivity index (χ4v) is 9.02. The van der Waals surface area contributed by atoms with Gasteiger partial charge in [-0.05, 0) is 27.9 Å². The van der Waals surface area contributed by atoms with Crippen LogP contribution in [0.15, 0.2) is 91.0 Å². The van der Waals surface area contributed by atoms with Crippen molar-refractivity contribution in [2.45, 2.75) is 58.0 Å². The van der Waals surface area contributed by atoms with Gasteiger partial charge in [0.25, 0.3) is 8.32 Å². The second-order valence-corrected chi connectivity index (χ2v) is 13.6. The Morgan fingerprint density at radius 1 is 0.812 bits per heavy atom. The van der Waals surface area contributed by atoms with Crippen LogP contribution in [-0.2, 0) is 20.6 Å². The van der Waals surface area contributed by atoms with E-state index in [0.29, 0.717) is 13.0 Å². The third-order valence-corrected chi connectivity index (χ3v) is 11.0. The lowest BCUT2D eigenvalue weighted by molar-refractivity contribution is -0.120. The summed E-state index contributed by atoms with van der Waals surface area (Å²) in [5, 5.41) is 2.36. The summed E-state index contributed by atoms with van der Waals surface area (Å²) >= 11 is 0. The quantitative estimate of drug-likeness (QED) is 0.320. The Morgan fingerprint density at radius 2 is 1.28 bits per heavy atom. The number of carbonyl (C=O) groups excluding carboxylic acids is 1. The summed E-state index contributed by atoms with van der Waals surface area (Å²) in [6, 6.07) is 31.1. The minimum absolute atomic E-state index is 0.106. The maximum atomic E-state index is 11.8. The molecule has 3 rings (SSSR count). The van der Waals surface area contributed by atoms with Crippen molar-refractivity contribution in [2.75, 3.05) is 0 Å². The number of benzene rings is 3. The van der Waals surface area contributed by atoms with E-state index in [2.05, 4.69) is 76.2 Å². The van der Waals surface area contributed by atoms with Crippen LogP contribution in [0.2, 0.25) is 5.04 Å². The smallest absolute Gasteiger partial charge is 0.261 e. The third kappa shape index (κ3) is 5.63. The van der Waals surface area contributed by atoms with Crippen molar-refractivity contribution < 1.29 is 14.0 Å². The van der Waals surface area contributed by atoms with E-state index in [0.717, 1.165) is 11.8 Å². The maximum Gasteiger partial charge on any atom is 0.261 e. The van der Waals surface area contributed by atoms with Crippen LogP contribution in [0, 0.1) is 0 Å². The summed E-state index contributed by atoms with van der Waals surface area (Å²) < 4.78 is 13.0. The zero-order valence-electron chi connectivity index (χ0n) is 19.5. The van der Waals surface area contributed by atoms with Crippen LogP contribution in [-0.4, -0.2) is 26.8 Å². The van der Waals surface area contributed by atoms with E-state index >= 15 is 0 Å². The van der Waals surface area contributed by atoms with Crippen molar-refractivity contribution in [3.63, 3.8) is 0 Å². The summed E-state index contributed by atoms with van der Waals surface area (Å²) in [7, 11) is -2.65. The van der Waals surface area contributed by atoms with Crippen LogP contribution in [0.5, 0.6) is 0 Å². The number of carbonyl (C=O) groups is 1. The van der Waals surface area contributed by atoms with Gasteiger partial charge >= 0.3 is 0 Å². The Bertz CT molecular complexity index is 913. The van der Waals surface area contributed by atoms with Gasteiger partial charge in [0.2, 0.25) is 0 Å². The van der Waals surface area contributed by atoms with Gasteiger partial charge in [0.15, 0.2) is 0 Å². The molecule has 3 aromatic rings. The molecular formula is C28H34O3Si. The van der Waals surface area contributed by atoms with Gasteiger partial charge in [0.05, 0.1) is 6.61 Å². The topological polar surface area (TPSA) is 35.5 Å². The predicted molar refractivity (Wildman–Crippen MR) is 134 cm³/mol. The Hall–Kier alpha value is -2.53. The Labute approximate surface area is 193 Å². The van der Waals surface area contributed by atoms with Crippen molar-refractivity contribution in [3.8, 4) is 0 Å². The van der Waals surface area contributed by atoms with Crippen LogP contribution in [0.3, 0.4) is 0 Å². The number of aldehydes is 1. The monoisotopic (exact) mass is 446 g/mol. The summed E-state index contributed by atoms with van der Waals surface area (Å²) in [6.45, 7) is 9.25. The Balaban J connectivity index is 1.86. The Kier molecular flexibility index (Phi) is 8.19. The molecule has 0 radical (unpaired) electrons. The van der Waals surface area contributed by atoms with Crippen LogP contribution in [0.4, 0.5) is 0 Å². The molecule has 0 saturated carbocycles. The molecule has 0 heterocycles. The van der Waals surface area contributed by atoms with Gasteiger partial charge in [-0.1, -0.05) is 112 Å². The molecule has 32 heavy (non-hydrogen) atoms. The second-order valence-electron chi connectivity index (χ2n) is 9.30. The van der Waals surface area contributed by atoms with Gasteiger partial charge < -0.3 is 14.0 Å². The standard InChI is InChI=1S/C28H34O3Si/c1-23(20-25(21-29)30-22-24-14-8-5-9-15-24)31-32(28(2,3)4,26-16-10-6-11-17-26)27-18-12-7-13-19-27/h5-19,21,23,25H,20,22H2,1-4H3/t23-,25-/m0/s1. The SMILES string of the molecule is C[C@@H](C[C@@H](C=O)OCc1ccccc1)O[Si](c1ccccc1)(c1ccccc1)C(C)(C)C. The zero-order chi connectivity index (χ0) is 23.0. The molecule has 0 aliphatic heterocycles. The first-order valence-electron chi connectivity index (χ1n) is 11.3. The lowest BCUT2D eigenvalue weighted by Crippen LogP contribution is -2.67. The van der Waals surface area contributed by atoms with Crippen LogP contribution in [0.25, 0.3) is 0 Å². The lowest BCUT2D eigenvalue weighted by atomic mass is 10.2. The number of ether oxygens (including phenoxy) is 1. The normalized spacial score (nSPS) is 14.0. The molecule has 0 unspecified atom stereocenters. The van der Waals surface area contributed by atoms with Crippen molar-refractivity contribution in [3.05, 3.63) is 96.6 Å². The Morgan fingerprint density at radius 3 is 1.72 bits per heavy atom. The zero-order valence-corrected chi connectivity index (χ0v) is 20.5. The molecule has 0 saturated heterocycles. The van der Waals surface area contributed by atoms with Crippen LogP contribution < -0.4 is 10.4 Å². The molecule has 0 aliphatic carbocycles. The van der Waals surface area contributed by atoms with Gasteiger partial charge in [-0.25, -0.2) is 0 Å². The van der Waals surface area contributed by atoms with E-state index in [1.807, 2.05) is 42.5 Å². The molecule has 0 aliphatic rings. The minimum Gasteiger partial charge on any atom is -0.405 e. The second kappa shape index (κ2) is 10.9. The average molecular weight is 447 g/mol. The highest BCUT2D eigenvalue weighted by Crippen LogP contribution is 2.37. The fourth-order valence-electron chi connectivity index (χ4n) is 4.31. The maximum absolute atomic E-state index is 11.8. The molecule has 0 fully saturated rings. The molecule has 4 heteroatoms. The van der Waals surface area contributed by atoms with E-state index in [-0.39, 0.29) is 11.1 Å². The molecule has 2 atom stereocenters. The van der Waals surface area contributed by atoms with Gasteiger partial charge in [-0.15, -0.1) is 0 Å². The molecule has 168 valence electrons. The molecule has 3 nitrogen and oxygen atoms in total.